The lowest BCUT2D eigenvalue weighted by Gasteiger charge is -2.25. The summed E-state index contributed by atoms with van der Waals surface area (Å²) in [6.45, 7) is 7.49. The van der Waals surface area contributed by atoms with Crippen LogP contribution in [-0.2, 0) is 4.79 Å². The van der Waals surface area contributed by atoms with E-state index in [1.165, 1.54) is 19.3 Å². The van der Waals surface area contributed by atoms with Crippen molar-refractivity contribution in [1.29, 1.82) is 0 Å². The Labute approximate surface area is 94.0 Å². The van der Waals surface area contributed by atoms with Gasteiger partial charge in [0.15, 0.2) is 0 Å². The molecule has 0 aromatic carbocycles. The number of nitrogens with zero attached hydrogens (tertiary/aromatic N) is 1. The highest BCUT2D eigenvalue weighted by molar-refractivity contribution is 5.81. The van der Waals surface area contributed by atoms with E-state index in [1.54, 1.807) is 0 Å². The fourth-order valence-corrected chi connectivity index (χ4v) is 2.40. The normalized spacial score (nSPS) is 23.9. The second-order valence-electron chi connectivity index (χ2n) is 4.60. The van der Waals surface area contributed by atoms with E-state index in [4.69, 9.17) is 0 Å². The number of hydrogen-bond donors (Lipinski definition) is 0. The third kappa shape index (κ3) is 4.33. The van der Waals surface area contributed by atoms with Crippen LogP contribution in [0.5, 0.6) is 0 Å². The first-order valence-corrected chi connectivity index (χ1v) is 6.53. The molecule has 1 unspecified atom stereocenters. The largest absolute Gasteiger partial charge is 0.303 e. The van der Waals surface area contributed by atoms with Crippen LogP contribution in [0.2, 0.25) is 0 Å². The van der Waals surface area contributed by atoms with Crippen molar-refractivity contribution in [2.24, 2.45) is 5.92 Å². The van der Waals surface area contributed by atoms with Crippen LogP contribution in [0.3, 0.4) is 0 Å². The monoisotopic (exact) mass is 211 g/mol. The smallest absolute Gasteiger partial charge is 0.137 e. The lowest BCUT2D eigenvalue weighted by Crippen LogP contribution is -2.33. The van der Waals surface area contributed by atoms with Crippen LogP contribution < -0.4 is 0 Å². The fraction of sp³-hybridized carbons (Fsp3) is 0.923. The minimum Gasteiger partial charge on any atom is -0.303 e. The topological polar surface area (TPSA) is 20.3 Å². The van der Waals surface area contributed by atoms with Crippen LogP contribution in [0, 0.1) is 5.92 Å². The summed E-state index contributed by atoms with van der Waals surface area (Å²) in [6.07, 6.45) is 6.89. The molecule has 0 radical (unpaired) electrons. The van der Waals surface area contributed by atoms with Crippen molar-refractivity contribution in [3.63, 3.8) is 0 Å². The molecule has 0 N–H and O–H groups in total. The zero-order valence-electron chi connectivity index (χ0n) is 10.3. The Kier molecular flexibility index (Phi) is 5.92. The average molecular weight is 211 g/mol. The van der Waals surface area contributed by atoms with Crippen molar-refractivity contribution in [3.05, 3.63) is 0 Å². The van der Waals surface area contributed by atoms with E-state index >= 15 is 0 Å². The van der Waals surface area contributed by atoms with E-state index in [9.17, 15) is 4.79 Å². The Morgan fingerprint density at radius 3 is 2.47 bits per heavy atom. The molecule has 88 valence electrons. The van der Waals surface area contributed by atoms with Crippen molar-refractivity contribution in [1.82, 2.24) is 4.90 Å². The molecule has 15 heavy (non-hydrogen) atoms. The average Bonchev–Trinajstić information content (AvgIpc) is 2.24. The number of rotatable bonds is 4. The van der Waals surface area contributed by atoms with E-state index in [0.717, 1.165) is 38.9 Å². The van der Waals surface area contributed by atoms with Crippen LogP contribution in [0.1, 0.15) is 52.4 Å². The van der Waals surface area contributed by atoms with E-state index in [0.29, 0.717) is 11.7 Å². The second-order valence-corrected chi connectivity index (χ2v) is 4.60. The molecule has 1 rings (SSSR count). The Bertz CT molecular complexity index is 187. The van der Waals surface area contributed by atoms with Crippen LogP contribution in [0.4, 0.5) is 0 Å². The summed E-state index contributed by atoms with van der Waals surface area (Å²) < 4.78 is 0. The SMILES string of the molecule is CCN(CC)CC1CCCCCCC1=O. The molecule has 2 nitrogen and oxygen atoms in total. The van der Waals surface area contributed by atoms with Gasteiger partial charge < -0.3 is 4.90 Å². The van der Waals surface area contributed by atoms with Crippen LogP contribution in [0.15, 0.2) is 0 Å². The van der Waals surface area contributed by atoms with Gasteiger partial charge in [0.1, 0.15) is 5.78 Å². The maximum Gasteiger partial charge on any atom is 0.137 e. The Morgan fingerprint density at radius 2 is 1.80 bits per heavy atom. The Balaban J connectivity index is 2.44. The first-order chi connectivity index (χ1) is 7.27. The van der Waals surface area contributed by atoms with Gasteiger partial charge in [-0.15, -0.1) is 0 Å². The molecular formula is C13H25NO. The van der Waals surface area contributed by atoms with Gasteiger partial charge in [-0.2, -0.15) is 0 Å². The minimum absolute atomic E-state index is 0.324. The van der Waals surface area contributed by atoms with Gasteiger partial charge in [0.05, 0.1) is 0 Å². The predicted octanol–water partition coefficient (Wildman–Crippen LogP) is 2.87. The zero-order chi connectivity index (χ0) is 11.1. The molecule has 0 heterocycles. The van der Waals surface area contributed by atoms with E-state index in [1.807, 2.05) is 0 Å². The summed E-state index contributed by atoms with van der Waals surface area (Å²) in [6, 6.07) is 0. The molecule has 0 aromatic rings. The number of carbonyl (C=O) groups excluding carboxylic acids is 1. The van der Waals surface area contributed by atoms with Gasteiger partial charge in [0.25, 0.3) is 0 Å². The zero-order valence-corrected chi connectivity index (χ0v) is 10.3. The van der Waals surface area contributed by atoms with Crippen molar-refractivity contribution >= 4 is 5.78 Å². The van der Waals surface area contributed by atoms with Crippen molar-refractivity contribution in [2.75, 3.05) is 19.6 Å². The van der Waals surface area contributed by atoms with Gasteiger partial charge in [-0.3, -0.25) is 4.79 Å². The quantitative estimate of drug-likeness (QED) is 0.712. The predicted molar refractivity (Wildman–Crippen MR) is 64.0 cm³/mol. The molecule has 0 saturated heterocycles. The van der Waals surface area contributed by atoms with Crippen molar-refractivity contribution in [2.45, 2.75) is 52.4 Å². The molecule has 1 aliphatic carbocycles. The summed E-state index contributed by atoms with van der Waals surface area (Å²) in [7, 11) is 0. The summed E-state index contributed by atoms with van der Waals surface area (Å²) in [4.78, 5) is 14.3. The van der Waals surface area contributed by atoms with Gasteiger partial charge in [0, 0.05) is 18.9 Å². The molecule has 0 aliphatic heterocycles. The molecular weight excluding hydrogens is 186 g/mol. The molecule has 0 aromatic heterocycles. The highest BCUT2D eigenvalue weighted by Crippen LogP contribution is 2.20. The number of Topliss-reactive ketones (excluding diaryl/α,β-unsaturated/α-hetero) is 1. The molecule has 1 atom stereocenters. The van der Waals surface area contributed by atoms with E-state index in [2.05, 4.69) is 18.7 Å². The summed E-state index contributed by atoms with van der Waals surface area (Å²) in [5.74, 6) is 0.840. The fourth-order valence-electron chi connectivity index (χ4n) is 2.40. The maximum absolute atomic E-state index is 11.9. The van der Waals surface area contributed by atoms with Crippen LogP contribution in [-0.4, -0.2) is 30.3 Å². The first-order valence-electron chi connectivity index (χ1n) is 6.53. The standard InChI is InChI=1S/C13H25NO/c1-3-14(4-2)11-12-9-7-5-6-8-10-13(12)15/h12H,3-11H2,1-2H3. The third-order valence-corrected chi connectivity index (χ3v) is 3.55. The number of ketones is 1. The van der Waals surface area contributed by atoms with Crippen LogP contribution >= 0.6 is 0 Å². The van der Waals surface area contributed by atoms with Crippen LogP contribution in [0.25, 0.3) is 0 Å². The van der Waals surface area contributed by atoms with Gasteiger partial charge >= 0.3 is 0 Å². The van der Waals surface area contributed by atoms with E-state index in [-0.39, 0.29) is 0 Å². The lowest BCUT2D eigenvalue weighted by molar-refractivity contribution is -0.124. The Morgan fingerprint density at radius 1 is 1.13 bits per heavy atom. The molecule has 0 bridgehead atoms. The van der Waals surface area contributed by atoms with Gasteiger partial charge in [-0.05, 0) is 25.9 Å². The second kappa shape index (κ2) is 7.00. The van der Waals surface area contributed by atoms with Gasteiger partial charge in [-0.1, -0.05) is 33.1 Å². The summed E-state index contributed by atoms with van der Waals surface area (Å²) >= 11 is 0. The molecule has 1 aliphatic rings. The number of hydrogen-bond acceptors (Lipinski definition) is 2. The lowest BCUT2D eigenvalue weighted by atomic mass is 9.89. The summed E-state index contributed by atoms with van der Waals surface area (Å²) in [5.41, 5.74) is 0. The molecule has 1 fully saturated rings. The molecule has 1 saturated carbocycles. The highest BCUT2D eigenvalue weighted by atomic mass is 16.1. The van der Waals surface area contributed by atoms with Gasteiger partial charge in [0.2, 0.25) is 0 Å². The Hall–Kier alpha value is -0.370. The summed E-state index contributed by atoms with van der Waals surface area (Å²) in [5, 5.41) is 0. The third-order valence-electron chi connectivity index (χ3n) is 3.55. The van der Waals surface area contributed by atoms with Crippen molar-refractivity contribution < 1.29 is 4.79 Å². The molecule has 0 spiro atoms. The number of carbonyl (C=O) groups is 1. The maximum atomic E-state index is 11.9. The van der Waals surface area contributed by atoms with Crippen molar-refractivity contribution in [3.8, 4) is 0 Å². The highest BCUT2D eigenvalue weighted by Gasteiger charge is 2.21. The molecule has 0 amide bonds. The van der Waals surface area contributed by atoms with E-state index < -0.39 is 0 Å². The minimum atomic E-state index is 0.324. The van der Waals surface area contributed by atoms with Gasteiger partial charge in [-0.25, -0.2) is 0 Å². The first kappa shape index (κ1) is 12.7. The molecule has 2 heteroatoms.